The number of pyridine rings is 1. The van der Waals surface area contributed by atoms with Crippen molar-refractivity contribution in [2.45, 2.75) is 0 Å². The molecule has 0 aliphatic carbocycles. The zero-order valence-corrected chi connectivity index (χ0v) is 14.8. The molecule has 4 aromatic rings. The highest BCUT2D eigenvalue weighted by atomic mass is 16.2. The van der Waals surface area contributed by atoms with Gasteiger partial charge in [0, 0.05) is 23.9 Å². The number of carbonyl (C=O) groups excluding carboxylic acids is 1. The van der Waals surface area contributed by atoms with Gasteiger partial charge in [0.15, 0.2) is 0 Å². The van der Waals surface area contributed by atoms with Crippen LogP contribution in [0.4, 0.5) is 16.3 Å². The van der Waals surface area contributed by atoms with E-state index in [4.69, 9.17) is 0 Å². The number of hydrogen-bond donors (Lipinski definition) is 3. The van der Waals surface area contributed by atoms with Crippen LogP contribution < -0.4 is 16.0 Å². The van der Waals surface area contributed by atoms with Crippen LogP contribution >= 0.6 is 0 Å². The first-order valence-electron chi connectivity index (χ1n) is 8.92. The van der Waals surface area contributed by atoms with Crippen molar-refractivity contribution in [3.8, 4) is 0 Å². The van der Waals surface area contributed by atoms with Gasteiger partial charge in [-0.2, -0.15) is 0 Å². The number of aromatic nitrogens is 1. The first kappa shape index (κ1) is 16.8. The summed E-state index contributed by atoms with van der Waals surface area (Å²) in [5, 5.41) is 12.2. The van der Waals surface area contributed by atoms with Crippen molar-refractivity contribution in [1.29, 1.82) is 0 Å². The molecular weight excluding hydrogens is 336 g/mol. The minimum Gasteiger partial charge on any atom is -0.368 e. The summed E-state index contributed by atoms with van der Waals surface area (Å²) in [5.74, 6) is 0.796. The van der Waals surface area contributed by atoms with Crippen molar-refractivity contribution in [3.05, 3.63) is 78.9 Å². The molecule has 0 aliphatic rings. The molecule has 3 aromatic carbocycles. The van der Waals surface area contributed by atoms with Crippen molar-refractivity contribution in [2.24, 2.45) is 0 Å². The second kappa shape index (κ2) is 7.74. The van der Waals surface area contributed by atoms with E-state index in [0.29, 0.717) is 13.1 Å². The lowest BCUT2D eigenvalue weighted by Crippen LogP contribution is -2.32. The first-order valence-corrected chi connectivity index (χ1v) is 8.92. The molecule has 0 fully saturated rings. The Labute approximate surface area is 157 Å². The van der Waals surface area contributed by atoms with Gasteiger partial charge in [0.25, 0.3) is 0 Å². The van der Waals surface area contributed by atoms with Crippen molar-refractivity contribution in [3.63, 3.8) is 0 Å². The molecule has 1 aromatic heterocycles. The molecular formula is C22H20N4O. The first-order chi connectivity index (χ1) is 13.3. The average molecular weight is 356 g/mol. The molecule has 0 radical (unpaired) electrons. The molecule has 0 aliphatic heterocycles. The number of amides is 2. The Morgan fingerprint density at radius 2 is 1.56 bits per heavy atom. The second-order valence-corrected chi connectivity index (χ2v) is 6.22. The number of rotatable bonds is 5. The fourth-order valence-corrected chi connectivity index (χ4v) is 3.03. The van der Waals surface area contributed by atoms with Crippen LogP contribution in [0.1, 0.15) is 0 Å². The van der Waals surface area contributed by atoms with Gasteiger partial charge in [0.2, 0.25) is 0 Å². The average Bonchev–Trinajstić information content (AvgIpc) is 2.71. The topological polar surface area (TPSA) is 66.0 Å². The third kappa shape index (κ3) is 3.98. The van der Waals surface area contributed by atoms with E-state index in [1.807, 2.05) is 78.9 Å². The van der Waals surface area contributed by atoms with Gasteiger partial charge in [-0.1, -0.05) is 54.6 Å². The number of para-hydroxylation sites is 1. The smallest absolute Gasteiger partial charge is 0.319 e. The molecule has 134 valence electrons. The van der Waals surface area contributed by atoms with E-state index in [-0.39, 0.29) is 6.03 Å². The van der Waals surface area contributed by atoms with E-state index < -0.39 is 0 Å². The number of anilines is 2. The molecule has 0 saturated heterocycles. The Morgan fingerprint density at radius 3 is 2.48 bits per heavy atom. The normalized spacial score (nSPS) is 10.7. The Kier molecular flexibility index (Phi) is 4.83. The minimum absolute atomic E-state index is 0.223. The minimum atomic E-state index is -0.223. The number of benzene rings is 3. The standard InChI is InChI=1S/C22H20N4O/c27-22(26-20-11-5-8-16-6-1-3-9-18(16)20)24-15-14-23-21-13-12-17-7-2-4-10-19(17)25-21/h1-13H,14-15H2,(H,23,25)(H2,24,26,27). The number of urea groups is 1. The van der Waals surface area contributed by atoms with Crippen LogP contribution in [0, 0.1) is 0 Å². The molecule has 5 nitrogen and oxygen atoms in total. The summed E-state index contributed by atoms with van der Waals surface area (Å²) in [4.78, 5) is 16.7. The van der Waals surface area contributed by atoms with E-state index in [1.165, 1.54) is 0 Å². The fourth-order valence-electron chi connectivity index (χ4n) is 3.03. The van der Waals surface area contributed by atoms with Crippen molar-refractivity contribution in [1.82, 2.24) is 10.3 Å². The monoisotopic (exact) mass is 356 g/mol. The molecule has 5 heteroatoms. The molecule has 27 heavy (non-hydrogen) atoms. The Morgan fingerprint density at radius 1 is 0.778 bits per heavy atom. The van der Waals surface area contributed by atoms with Gasteiger partial charge in [0.05, 0.1) is 11.2 Å². The number of nitrogens with zero attached hydrogens (tertiary/aromatic N) is 1. The van der Waals surface area contributed by atoms with Crippen molar-refractivity contribution in [2.75, 3.05) is 23.7 Å². The largest absolute Gasteiger partial charge is 0.368 e. The number of fused-ring (bicyclic) bond motifs is 2. The predicted octanol–water partition coefficient (Wildman–Crippen LogP) is 4.62. The zero-order valence-electron chi connectivity index (χ0n) is 14.8. The molecule has 1 heterocycles. The molecule has 0 spiro atoms. The summed E-state index contributed by atoms with van der Waals surface area (Å²) in [6, 6.07) is 25.6. The molecule has 4 rings (SSSR count). The predicted molar refractivity (Wildman–Crippen MR) is 111 cm³/mol. The molecule has 0 unspecified atom stereocenters. The molecule has 2 amide bonds. The van der Waals surface area contributed by atoms with E-state index >= 15 is 0 Å². The molecule has 0 saturated carbocycles. The van der Waals surface area contributed by atoms with Crippen LogP contribution in [0.2, 0.25) is 0 Å². The molecule has 0 atom stereocenters. The van der Waals surface area contributed by atoms with E-state index in [2.05, 4.69) is 20.9 Å². The number of nitrogens with one attached hydrogen (secondary N) is 3. The number of carbonyl (C=O) groups is 1. The second-order valence-electron chi connectivity index (χ2n) is 6.22. The Bertz CT molecular complexity index is 1090. The lowest BCUT2D eigenvalue weighted by atomic mass is 10.1. The summed E-state index contributed by atoms with van der Waals surface area (Å²) >= 11 is 0. The fraction of sp³-hybridized carbons (Fsp3) is 0.0909. The molecule has 0 bridgehead atoms. The number of hydrogen-bond acceptors (Lipinski definition) is 3. The maximum Gasteiger partial charge on any atom is 0.319 e. The van der Waals surface area contributed by atoms with Gasteiger partial charge in [-0.15, -0.1) is 0 Å². The quantitative estimate of drug-likeness (QED) is 0.457. The third-order valence-corrected chi connectivity index (χ3v) is 4.35. The summed E-state index contributed by atoms with van der Waals surface area (Å²) in [6.07, 6.45) is 0. The van der Waals surface area contributed by atoms with Gasteiger partial charge in [-0.05, 0) is 29.7 Å². The van der Waals surface area contributed by atoms with Crippen LogP contribution in [0.5, 0.6) is 0 Å². The van der Waals surface area contributed by atoms with Crippen LogP contribution in [0.3, 0.4) is 0 Å². The SMILES string of the molecule is O=C(NCCNc1ccc2ccccc2n1)Nc1cccc2ccccc12. The zero-order chi connectivity index (χ0) is 18.5. The van der Waals surface area contributed by atoms with Gasteiger partial charge >= 0.3 is 6.03 Å². The van der Waals surface area contributed by atoms with Crippen molar-refractivity contribution < 1.29 is 4.79 Å². The lowest BCUT2D eigenvalue weighted by molar-refractivity contribution is 0.252. The highest BCUT2D eigenvalue weighted by Gasteiger charge is 2.05. The van der Waals surface area contributed by atoms with E-state index in [1.54, 1.807) is 0 Å². The summed E-state index contributed by atoms with van der Waals surface area (Å²) in [7, 11) is 0. The summed E-state index contributed by atoms with van der Waals surface area (Å²) in [5.41, 5.74) is 1.75. The van der Waals surface area contributed by atoms with Gasteiger partial charge in [-0.3, -0.25) is 0 Å². The van der Waals surface area contributed by atoms with Crippen molar-refractivity contribution >= 4 is 39.2 Å². The molecule has 3 N–H and O–H groups in total. The Balaban J connectivity index is 1.30. The van der Waals surface area contributed by atoms with Gasteiger partial charge in [0.1, 0.15) is 5.82 Å². The maximum atomic E-state index is 12.2. The van der Waals surface area contributed by atoms with Gasteiger partial charge < -0.3 is 16.0 Å². The third-order valence-electron chi connectivity index (χ3n) is 4.35. The highest BCUT2D eigenvalue weighted by molar-refractivity contribution is 6.01. The van der Waals surface area contributed by atoms with E-state index in [0.717, 1.165) is 33.2 Å². The summed E-state index contributed by atoms with van der Waals surface area (Å²) in [6.45, 7) is 1.08. The lowest BCUT2D eigenvalue weighted by Gasteiger charge is -2.11. The maximum absolute atomic E-state index is 12.2. The van der Waals surface area contributed by atoms with Crippen LogP contribution in [-0.4, -0.2) is 24.1 Å². The summed E-state index contributed by atoms with van der Waals surface area (Å²) < 4.78 is 0. The highest BCUT2D eigenvalue weighted by Crippen LogP contribution is 2.22. The van der Waals surface area contributed by atoms with Gasteiger partial charge in [-0.25, -0.2) is 9.78 Å². The Hall–Kier alpha value is -3.60. The van der Waals surface area contributed by atoms with Crippen LogP contribution in [-0.2, 0) is 0 Å². The van der Waals surface area contributed by atoms with Crippen LogP contribution in [0.15, 0.2) is 78.9 Å². The van der Waals surface area contributed by atoms with Crippen LogP contribution in [0.25, 0.3) is 21.7 Å². The van der Waals surface area contributed by atoms with E-state index in [9.17, 15) is 4.79 Å².